The van der Waals surface area contributed by atoms with E-state index in [1.165, 1.54) is 12.1 Å². The van der Waals surface area contributed by atoms with E-state index in [2.05, 4.69) is 5.32 Å². The molecule has 1 amide bonds. The molecule has 1 rings (SSSR count). The monoisotopic (exact) mass is 288 g/mol. The van der Waals surface area contributed by atoms with Crippen molar-refractivity contribution in [3.63, 3.8) is 0 Å². The fraction of sp³-hybridized carbons (Fsp3) is 0.500. The minimum Gasteiger partial charge on any atom is -0.326 e. The van der Waals surface area contributed by atoms with E-state index in [1.54, 1.807) is 0 Å². The summed E-state index contributed by atoms with van der Waals surface area (Å²) in [5.74, 6) is 0.0819. The summed E-state index contributed by atoms with van der Waals surface area (Å²) in [6.45, 7) is 3.76. The van der Waals surface area contributed by atoms with Gasteiger partial charge in [0.1, 0.15) is 0 Å². The van der Waals surface area contributed by atoms with Crippen LogP contribution in [0.25, 0.3) is 0 Å². The SMILES string of the molecule is CC(C)CCC(=O)Nc1ccc(CN)c(C(F)(F)F)c1. The van der Waals surface area contributed by atoms with E-state index in [1.807, 2.05) is 13.8 Å². The standard InChI is InChI=1S/C14H19F3N2O/c1-9(2)3-6-13(20)19-11-5-4-10(8-18)12(7-11)14(15,16)17/h4-5,7,9H,3,6,8,18H2,1-2H3,(H,19,20). The highest BCUT2D eigenvalue weighted by Gasteiger charge is 2.33. The maximum Gasteiger partial charge on any atom is 0.416 e. The molecule has 0 saturated heterocycles. The number of nitrogens with two attached hydrogens (primary N) is 1. The van der Waals surface area contributed by atoms with Crippen LogP contribution in [0.3, 0.4) is 0 Å². The number of halogens is 3. The molecule has 0 heterocycles. The van der Waals surface area contributed by atoms with Crippen molar-refractivity contribution in [3.8, 4) is 0 Å². The summed E-state index contributed by atoms with van der Waals surface area (Å²) < 4.78 is 38.5. The van der Waals surface area contributed by atoms with E-state index < -0.39 is 11.7 Å². The molecule has 3 nitrogen and oxygen atoms in total. The molecule has 112 valence electrons. The smallest absolute Gasteiger partial charge is 0.326 e. The molecule has 6 heteroatoms. The fourth-order valence-electron chi connectivity index (χ4n) is 1.74. The number of hydrogen-bond acceptors (Lipinski definition) is 2. The Bertz CT molecular complexity index is 470. The summed E-state index contributed by atoms with van der Waals surface area (Å²) in [4.78, 5) is 11.6. The van der Waals surface area contributed by atoms with E-state index in [-0.39, 0.29) is 30.1 Å². The number of carbonyl (C=O) groups excluding carboxylic acids is 1. The van der Waals surface area contributed by atoms with Gasteiger partial charge in [-0.15, -0.1) is 0 Å². The number of nitrogens with one attached hydrogen (secondary N) is 1. The zero-order chi connectivity index (χ0) is 15.3. The third-order valence-corrected chi connectivity index (χ3v) is 2.87. The van der Waals surface area contributed by atoms with Crippen LogP contribution in [0, 0.1) is 5.92 Å². The number of rotatable bonds is 5. The molecule has 20 heavy (non-hydrogen) atoms. The van der Waals surface area contributed by atoms with E-state index in [4.69, 9.17) is 5.73 Å². The molecule has 0 bridgehead atoms. The Kier molecular flexibility index (Phi) is 5.56. The fourth-order valence-corrected chi connectivity index (χ4v) is 1.74. The van der Waals surface area contributed by atoms with E-state index in [0.717, 1.165) is 6.07 Å². The van der Waals surface area contributed by atoms with Crippen LogP contribution in [-0.2, 0) is 17.5 Å². The third kappa shape index (κ3) is 4.85. The van der Waals surface area contributed by atoms with Crippen molar-refractivity contribution in [2.75, 3.05) is 5.32 Å². The van der Waals surface area contributed by atoms with Gasteiger partial charge in [-0.1, -0.05) is 19.9 Å². The van der Waals surface area contributed by atoms with Crippen LogP contribution in [0.4, 0.5) is 18.9 Å². The lowest BCUT2D eigenvalue weighted by molar-refractivity contribution is -0.138. The Morgan fingerprint density at radius 3 is 2.50 bits per heavy atom. The second-order valence-corrected chi connectivity index (χ2v) is 5.05. The minimum absolute atomic E-state index is 0.0117. The Balaban J connectivity index is 2.85. The third-order valence-electron chi connectivity index (χ3n) is 2.87. The van der Waals surface area contributed by atoms with Crippen LogP contribution in [-0.4, -0.2) is 5.91 Å². The van der Waals surface area contributed by atoms with Crippen LogP contribution in [0.15, 0.2) is 18.2 Å². The maximum absolute atomic E-state index is 12.8. The molecule has 0 radical (unpaired) electrons. The summed E-state index contributed by atoms with van der Waals surface area (Å²) in [5, 5.41) is 2.48. The zero-order valence-electron chi connectivity index (χ0n) is 11.6. The molecule has 0 unspecified atom stereocenters. The predicted molar refractivity (Wildman–Crippen MR) is 72.0 cm³/mol. The second kappa shape index (κ2) is 6.74. The van der Waals surface area contributed by atoms with Gasteiger partial charge in [-0.25, -0.2) is 0 Å². The van der Waals surface area contributed by atoms with Gasteiger partial charge in [0.25, 0.3) is 0 Å². The van der Waals surface area contributed by atoms with Crippen molar-refractivity contribution in [1.29, 1.82) is 0 Å². The second-order valence-electron chi connectivity index (χ2n) is 5.05. The number of anilines is 1. The zero-order valence-corrected chi connectivity index (χ0v) is 11.6. The lowest BCUT2D eigenvalue weighted by Gasteiger charge is -2.14. The van der Waals surface area contributed by atoms with Gasteiger partial charge in [0.15, 0.2) is 0 Å². The predicted octanol–water partition coefficient (Wildman–Crippen LogP) is 3.54. The first-order valence-corrected chi connectivity index (χ1v) is 6.44. The van der Waals surface area contributed by atoms with Crippen LogP contribution in [0.1, 0.15) is 37.8 Å². The van der Waals surface area contributed by atoms with E-state index in [0.29, 0.717) is 12.3 Å². The topological polar surface area (TPSA) is 55.1 Å². The quantitative estimate of drug-likeness (QED) is 0.870. The van der Waals surface area contributed by atoms with Crippen LogP contribution >= 0.6 is 0 Å². The molecule has 0 spiro atoms. The van der Waals surface area contributed by atoms with Gasteiger partial charge in [-0.2, -0.15) is 13.2 Å². The molecular weight excluding hydrogens is 269 g/mol. The average Bonchev–Trinajstić information content (AvgIpc) is 2.35. The van der Waals surface area contributed by atoms with Crippen molar-refractivity contribution in [2.24, 2.45) is 11.7 Å². The van der Waals surface area contributed by atoms with E-state index in [9.17, 15) is 18.0 Å². The van der Waals surface area contributed by atoms with Crippen molar-refractivity contribution in [1.82, 2.24) is 0 Å². The van der Waals surface area contributed by atoms with Crippen LogP contribution in [0.5, 0.6) is 0 Å². The van der Waals surface area contributed by atoms with Crippen molar-refractivity contribution >= 4 is 11.6 Å². The number of benzene rings is 1. The molecule has 0 aliphatic heterocycles. The normalized spacial score (nSPS) is 11.8. The molecule has 0 aliphatic rings. The molecule has 1 aromatic carbocycles. The highest BCUT2D eigenvalue weighted by atomic mass is 19.4. The van der Waals surface area contributed by atoms with Gasteiger partial charge in [0, 0.05) is 18.7 Å². The number of amides is 1. The Hall–Kier alpha value is -1.56. The Morgan fingerprint density at radius 2 is 2.00 bits per heavy atom. The first-order chi connectivity index (χ1) is 9.24. The molecule has 0 atom stereocenters. The summed E-state index contributed by atoms with van der Waals surface area (Å²) in [6, 6.07) is 3.65. The molecule has 0 aromatic heterocycles. The molecule has 0 aliphatic carbocycles. The molecule has 0 saturated carbocycles. The van der Waals surface area contributed by atoms with Crippen molar-refractivity contribution in [3.05, 3.63) is 29.3 Å². The molecule has 0 fully saturated rings. The van der Waals surface area contributed by atoms with Crippen molar-refractivity contribution in [2.45, 2.75) is 39.4 Å². The minimum atomic E-state index is -4.48. The number of alkyl halides is 3. The van der Waals surface area contributed by atoms with Crippen LogP contribution < -0.4 is 11.1 Å². The Labute approximate surface area is 116 Å². The van der Waals surface area contributed by atoms with Gasteiger partial charge in [-0.05, 0) is 30.0 Å². The molecular formula is C14H19F3N2O. The largest absolute Gasteiger partial charge is 0.416 e. The van der Waals surface area contributed by atoms with Gasteiger partial charge in [0.05, 0.1) is 5.56 Å². The summed E-state index contributed by atoms with van der Waals surface area (Å²) in [7, 11) is 0. The highest BCUT2D eigenvalue weighted by molar-refractivity contribution is 5.90. The lowest BCUT2D eigenvalue weighted by atomic mass is 10.1. The first-order valence-electron chi connectivity index (χ1n) is 6.44. The average molecular weight is 288 g/mol. The van der Waals surface area contributed by atoms with Crippen molar-refractivity contribution < 1.29 is 18.0 Å². The Morgan fingerprint density at radius 1 is 1.35 bits per heavy atom. The maximum atomic E-state index is 12.8. The summed E-state index contributed by atoms with van der Waals surface area (Å²) in [5.41, 5.74) is 4.64. The lowest BCUT2D eigenvalue weighted by Crippen LogP contribution is -2.15. The highest BCUT2D eigenvalue weighted by Crippen LogP contribution is 2.33. The molecule has 1 aromatic rings. The van der Waals surface area contributed by atoms with E-state index >= 15 is 0 Å². The summed E-state index contributed by atoms with van der Waals surface area (Å²) >= 11 is 0. The van der Waals surface area contributed by atoms with Gasteiger partial charge >= 0.3 is 6.18 Å². The molecule has 3 N–H and O–H groups in total. The summed E-state index contributed by atoms with van der Waals surface area (Å²) in [6.07, 6.45) is -3.50. The first kappa shape index (κ1) is 16.5. The van der Waals surface area contributed by atoms with Gasteiger partial charge in [0.2, 0.25) is 5.91 Å². The van der Waals surface area contributed by atoms with Gasteiger partial charge < -0.3 is 11.1 Å². The van der Waals surface area contributed by atoms with Crippen LogP contribution in [0.2, 0.25) is 0 Å². The van der Waals surface area contributed by atoms with Gasteiger partial charge in [-0.3, -0.25) is 4.79 Å². The number of carbonyl (C=O) groups is 1. The number of hydrogen-bond donors (Lipinski definition) is 2.